The van der Waals surface area contributed by atoms with Crippen molar-refractivity contribution >= 4 is 39.7 Å². The van der Waals surface area contributed by atoms with E-state index in [1.54, 1.807) is 7.11 Å². The van der Waals surface area contributed by atoms with Crippen molar-refractivity contribution in [3.8, 4) is 17.0 Å². The number of nitrogens with zero attached hydrogens (tertiary/aromatic N) is 6. The van der Waals surface area contributed by atoms with Crippen LogP contribution < -0.4 is 20.3 Å². The van der Waals surface area contributed by atoms with Crippen molar-refractivity contribution in [3.05, 3.63) is 61.6 Å². The molecular formula is C29H34N8O2. The molecule has 0 saturated carbocycles. The monoisotopic (exact) mass is 526 g/mol. The molecule has 2 aromatic heterocycles. The van der Waals surface area contributed by atoms with Gasteiger partial charge in [0.2, 0.25) is 5.91 Å². The Morgan fingerprint density at radius 1 is 1.18 bits per heavy atom. The Bertz CT molecular complexity index is 1510. The molecule has 1 aliphatic heterocycles. The number of amides is 1. The predicted octanol–water partition coefficient (Wildman–Crippen LogP) is 4.44. The fourth-order valence-electron chi connectivity index (χ4n) is 5.11. The number of ether oxygens (including phenoxy) is 1. The molecule has 2 aromatic carbocycles. The van der Waals surface area contributed by atoms with Gasteiger partial charge in [-0.3, -0.25) is 14.4 Å². The molecule has 0 aliphatic carbocycles. The number of anilines is 4. The zero-order valence-corrected chi connectivity index (χ0v) is 22.8. The van der Waals surface area contributed by atoms with E-state index in [4.69, 9.17) is 4.74 Å². The Morgan fingerprint density at radius 2 is 2.03 bits per heavy atom. The highest BCUT2D eigenvalue weighted by Crippen LogP contribution is 2.39. The van der Waals surface area contributed by atoms with Gasteiger partial charge in [-0.2, -0.15) is 5.10 Å². The Kier molecular flexibility index (Phi) is 7.47. The van der Waals surface area contributed by atoms with Gasteiger partial charge in [0.25, 0.3) is 0 Å². The summed E-state index contributed by atoms with van der Waals surface area (Å²) in [5, 5.41) is 11.7. The summed E-state index contributed by atoms with van der Waals surface area (Å²) in [5.74, 6) is 0.968. The lowest BCUT2D eigenvalue weighted by atomic mass is 10.1. The zero-order chi connectivity index (χ0) is 27.5. The summed E-state index contributed by atoms with van der Waals surface area (Å²) in [6, 6.07) is 12.2. The second kappa shape index (κ2) is 11.1. The van der Waals surface area contributed by atoms with Crippen LogP contribution in [0.15, 0.2) is 61.6 Å². The Morgan fingerprint density at radius 3 is 2.77 bits per heavy atom. The molecule has 2 N–H and O–H groups in total. The van der Waals surface area contributed by atoms with Crippen molar-refractivity contribution in [1.82, 2.24) is 24.6 Å². The van der Waals surface area contributed by atoms with Gasteiger partial charge in [0.05, 0.1) is 41.6 Å². The van der Waals surface area contributed by atoms with Crippen LogP contribution in [0.4, 0.5) is 22.9 Å². The first-order chi connectivity index (χ1) is 18.9. The van der Waals surface area contributed by atoms with E-state index in [0.29, 0.717) is 29.0 Å². The van der Waals surface area contributed by atoms with E-state index < -0.39 is 0 Å². The van der Waals surface area contributed by atoms with Crippen molar-refractivity contribution in [1.29, 1.82) is 0 Å². The van der Waals surface area contributed by atoms with Crippen LogP contribution >= 0.6 is 0 Å². The van der Waals surface area contributed by atoms with Gasteiger partial charge in [0.15, 0.2) is 0 Å². The molecule has 0 radical (unpaired) electrons. The smallest absolute Gasteiger partial charge is 0.247 e. The van der Waals surface area contributed by atoms with Gasteiger partial charge in [0.1, 0.15) is 17.9 Å². The zero-order valence-electron chi connectivity index (χ0n) is 22.8. The highest BCUT2D eigenvalue weighted by molar-refractivity contribution is 6.02. The van der Waals surface area contributed by atoms with Crippen LogP contribution in [-0.2, 0) is 11.8 Å². The molecule has 0 spiro atoms. The van der Waals surface area contributed by atoms with Crippen LogP contribution in [0.5, 0.6) is 5.75 Å². The maximum atomic E-state index is 12.4. The molecule has 1 aliphatic rings. The number of aryl methyl sites for hydroxylation is 1. The minimum atomic E-state index is -0.275. The first kappa shape index (κ1) is 26.2. The minimum Gasteiger partial charge on any atom is -0.494 e. The summed E-state index contributed by atoms with van der Waals surface area (Å²) >= 11 is 0. The first-order valence-electron chi connectivity index (χ1n) is 13.1. The number of piperazine rings is 1. The molecule has 39 heavy (non-hydrogen) atoms. The number of rotatable bonds is 8. The molecule has 5 rings (SSSR count). The van der Waals surface area contributed by atoms with Crippen molar-refractivity contribution in [3.63, 3.8) is 0 Å². The van der Waals surface area contributed by atoms with Gasteiger partial charge in [-0.15, -0.1) is 0 Å². The number of carbonyl (C=O) groups excluding carboxylic acids is 1. The molecule has 10 nitrogen and oxygen atoms in total. The van der Waals surface area contributed by atoms with Crippen molar-refractivity contribution in [2.24, 2.45) is 7.05 Å². The van der Waals surface area contributed by atoms with E-state index in [2.05, 4.69) is 62.0 Å². The molecule has 202 valence electrons. The SMILES string of the molecule is C=CC(=O)Nc1cc(Nc2cc(-c3ccc4c(cnn4C)c3)ncn2)c(OC)cc1N1CCN(CC)[C@H](C)C1. The Balaban J connectivity index is 1.47. The maximum Gasteiger partial charge on any atom is 0.247 e. The molecule has 1 amide bonds. The number of hydrogen-bond donors (Lipinski definition) is 2. The second-order valence-electron chi connectivity index (χ2n) is 9.64. The van der Waals surface area contributed by atoms with Crippen molar-refractivity contribution in [2.45, 2.75) is 19.9 Å². The summed E-state index contributed by atoms with van der Waals surface area (Å²) < 4.78 is 7.63. The van der Waals surface area contributed by atoms with E-state index in [0.717, 1.165) is 54.0 Å². The molecule has 1 saturated heterocycles. The predicted molar refractivity (Wildman–Crippen MR) is 156 cm³/mol. The van der Waals surface area contributed by atoms with Gasteiger partial charge < -0.3 is 20.3 Å². The van der Waals surface area contributed by atoms with Gasteiger partial charge in [-0.05, 0) is 37.7 Å². The molecule has 10 heteroatoms. The average molecular weight is 527 g/mol. The fraction of sp³-hybridized carbons (Fsp3) is 0.310. The highest BCUT2D eigenvalue weighted by Gasteiger charge is 2.26. The van der Waals surface area contributed by atoms with Crippen LogP contribution in [-0.4, -0.2) is 69.9 Å². The number of hydrogen-bond acceptors (Lipinski definition) is 8. The Hall–Kier alpha value is -4.44. The Labute approximate surface area is 228 Å². The van der Waals surface area contributed by atoms with E-state index in [1.807, 2.05) is 48.3 Å². The standard InChI is InChI=1S/C29H34N8O2/c1-6-29(38)34-23-13-24(27(39-5)15-26(23)37-11-10-36(7-2)19(3)17-37)33-28-14-22(30-18-31-28)20-8-9-25-21(12-20)16-32-35(25)4/h6,8-9,12-16,18-19H,1,7,10-11,17H2,2-5H3,(H,34,38)(H,30,31,33)/t19-/m1/s1. The average Bonchev–Trinajstić information content (AvgIpc) is 3.33. The van der Waals surface area contributed by atoms with E-state index >= 15 is 0 Å². The summed E-state index contributed by atoms with van der Waals surface area (Å²) in [6.07, 6.45) is 4.64. The molecular weight excluding hydrogens is 492 g/mol. The third-order valence-corrected chi connectivity index (χ3v) is 7.24. The van der Waals surface area contributed by atoms with Gasteiger partial charge in [-0.1, -0.05) is 19.6 Å². The fourth-order valence-corrected chi connectivity index (χ4v) is 5.11. The van der Waals surface area contributed by atoms with Crippen molar-refractivity contribution < 1.29 is 9.53 Å². The largest absolute Gasteiger partial charge is 0.494 e. The van der Waals surface area contributed by atoms with Gasteiger partial charge >= 0.3 is 0 Å². The van der Waals surface area contributed by atoms with Gasteiger partial charge in [-0.25, -0.2) is 9.97 Å². The van der Waals surface area contributed by atoms with Crippen LogP contribution in [0.1, 0.15) is 13.8 Å². The number of methoxy groups -OCH3 is 1. The van der Waals surface area contributed by atoms with E-state index in [-0.39, 0.29) is 5.91 Å². The van der Waals surface area contributed by atoms with Crippen LogP contribution in [0.3, 0.4) is 0 Å². The quantitative estimate of drug-likeness (QED) is 0.325. The normalized spacial score (nSPS) is 15.8. The van der Waals surface area contributed by atoms with Crippen LogP contribution in [0.25, 0.3) is 22.2 Å². The lowest BCUT2D eigenvalue weighted by Crippen LogP contribution is -2.51. The highest BCUT2D eigenvalue weighted by atomic mass is 16.5. The molecule has 4 aromatic rings. The molecule has 1 fully saturated rings. The van der Waals surface area contributed by atoms with Crippen LogP contribution in [0.2, 0.25) is 0 Å². The summed E-state index contributed by atoms with van der Waals surface area (Å²) in [5.41, 5.74) is 5.04. The summed E-state index contributed by atoms with van der Waals surface area (Å²) in [7, 11) is 3.56. The molecule has 0 unspecified atom stereocenters. The van der Waals surface area contributed by atoms with Crippen molar-refractivity contribution in [2.75, 3.05) is 48.8 Å². The number of nitrogens with one attached hydrogen (secondary N) is 2. The summed E-state index contributed by atoms with van der Waals surface area (Å²) in [6.45, 7) is 11.7. The minimum absolute atomic E-state index is 0.275. The first-order valence-corrected chi connectivity index (χ1v) is 13.1. The topological polar surface area (TPSA) is 100 Å². The lowest BCUT2D eigenvalue weighted by Gasteiger charge is -2.41. The number of carbonyl (C=O) groups is 1. The number of aromatic nitrogens is 4. The van der Waals surface area contributed by atoms with Gasteiger partial charge in [0, 0.05) is 55.8 Å². The molecule has 0 bridgehead atoms. The number of likely N-dealkylation sites (N-methyl/N-ethyl adjacent to an activating group) is 1. The van der Waals surface area contributed by atoms with E-state index in [9.17, 15) is 4.79 Å². The van der Waals surface area contributed by atoms with E-state index in [1.165, 1.54) is 12.4 Å². The second-order valence-corrected chi connectivity index (χ2v) is 9.64. The number of benzene rings is 2. The third-order valence-electron chi connectivity index (χ3n) is 7.24. The molecule has 1 atom stereocenters. The lowest BCUT2D eigenvalue weighted by molar-refractivity contribution is -0.111. The summed E-state index contributed by atoms with van der Waals surface area (Å²) in [4.78, 5) is 26.0. The third kappa shape index (κ3) is 5.42. The van der Waals surface area contributed by atoms with Crippen LogP contribution in [0, 0.1) is 0 Å². The molecule has 3 heterocycles. The number of fused-ring (bicyclic) bond motifs is 1. The maximum absolute atomic E-state index is 12.4.